The lowest BCUT2D eigenvalue weighted by atomic mass is 10.2. The van der Waals surface area contributed by atoms with Gasteiger partial charge < -0.3 is 5.32 Å². The molecule has 0 saturated heterocycles. The Hall–Kier alpha value is -2.76. The Labute approximate surface area is 126 Å². The molecule has 1 N–H and O–H groups in total. The Morgan fingerprint density at radius 1 is 1.23 bits per heavy atom. The van der Waals surface area contributed by atoms with Crippen molar-refractivity contribution in [1.82, 2.24) is 14.6 Å². The van der Waals surface area contributed by atoms with Crippen molar-refractivity contribution in [1.29, 1.82) is 0 Å². The van der Waals surface area contributed by atoms with Crippen molar-refractivity contribution in [3.8, 4) is 0 Å². The molecule has 22 heavy (non-hydrogen) atoms. The minimum Gasteiger partial charge on any atom is -0.319 e. The first-order valence-corrected chi connectivity index (χ1v) is 6.85. The van der Waals surface area contributed by atoms with Crippen LogP contribution in [-0.4, -0.2) is 20.5 Å². The van der Waals surface area contributed by atoms with Gasteiger partial charge in [-0.25, -0.2) is 13.9 Å². The van der Waals surface area contributed by atoms with Gasteiger partial charge in [-0.15, -0.1) is 0 Å². The molecule has 1 aromatic carbocycles. The second kappa shape index (κ2) is 5.22. The molecule has 112 valence electrons. The molecule has 0 aliphatic heterocycles. The van der Waals surface area contributed by atoms with E-state index in [2.05, 4.69) is 15.4 Å². The van der Waals surface area contributed by atoms with Gasteiger partial charge in [0.1, 0.15) is 11.4 Å². The lowest BCUT2D eigenvalue weighted by Crippen LogP contribution is -2.13. The first-order chi connectivity index (χ1) is 10.5. The predicted molar refractivity (Wildman–Crippen MR) is 81.6 cm³/mol. The van der Waals surface area contributed by atoms with Crippen LogP contribution in [0.2, 0.25) is 0 Å². The Bertz CT molecular complexity index is 885. The molecule has 0 unspecified atom stereocenters. The maximum atomic E-state index is 13.8. The number of amides is 1. The number of aryl methyl sites for hydroxylation is 3. The molecule has 0 atom stereocenters. The van der Waals surface area contributed by atoms with E-state index in [1.165, 1.54) is 18.3 Å². The average Bonchev–Trinajstić information content (AvgIpc) is 2.86. The topological polar surface area (TPSA) is 59.3 Å². The average molecular weight is 298 g/mol. The number of carbonyl (C=O) groups excluding carboxylic acids is 1. The Kier molecular flexibility index (Phi) is 3.36. The highest BCUT2D eigenvalue weighted by Crippen LogP contribution is 2.18. The highest BCUT2D eigenvalue weighted by atomic mass is 19.1. The van der Waals surface area contributed by atoms with Gasteiger partial charge in [0.25, 0.3) is 5.91 Å². The monoisotopic (exact) mass is 298 g/mol. The third-order valence-corrected chi connectivity index (χ3v) is 3.40. The molecular weight excluding hydrogens is 283 g/mol. The summed E-state index contributed by atoms with van der Waals surface area (Å²) in [6.45, 7) is 5.52. The van der Waals surface area contributed by atoms with Crippen LogP contribution < -0.4 is 5.32 Å². The molecule has 5 nitrogen and oxygen atoms in total. The highest BCUT2D eigenvalue weighted by Gasteiger charge is 2.16. The third-order valence-electron chi connectivity index (χ3n) is 3.40. The van der Waals surface area contributed by atoms with Gasteiger partial charge in [0.2, 0.25) is 0 Å². The minimum absolute atomic E-state index is 0.138. The molecule has 0 radical (unpaired) electrons. The number of nitrogens with one attached hydrogen (secondary N) is 1. The fourth-order valence-electron chi connectivity index (χ4n) is 2.34. The lowest BCUT2D eigenvalue weighted by Gasteiger charge is -2.06. The van der Waals surface area contributed by atoms with Gasteiger partial charge in [-0.3, -0.25) is 4.79 Å². The fourth-order valence-corrected chi connectivity index (χ4v) is 2.34. The first kappa shape index (κ1) is 14.2. The van der Waals surface area contributed by atoms with Crippen LogP contribution in [0.5, 0.6) is 0 Å². The van der Waals surface area contributed by atoms with Gasteiger partial charge in [0.15, 0.2) is 5.65 Å². The van der Waals surface area contributed by atoms with Crippen LogP contribution in [0.25, 0.3) is 5.65 Å². The van der Waals surface area contributed by atoms with Crippen molar-refractivity contribution in [2.24, 2.45) is 0 Å². The molecule has 1 amide bonds. The van der Waals surface area contributed by atoms with Gasteiger partial charge in [-0.2, -0.15) is 5.10 Å². The van der Waals surface area contributed by atoms with Gasteiger partial charge in [0, 0.05) is 11.4 Å². The van der Waals surface area contributed by atoms with Crippen molar-refractivity contribution in [3.63, 3.8) is 0 Å². The molecular formula is C16H15FN4O. The van der Waals surface area contributed by atoms with E-state index in [0.717, 1.165) is 17.0 Å². The van der Waals surface area contributed by atoms with Crippen molar-refractivity contribution in [2.75, 3.05) is 5.32 Å². The normalized spacial score (nSPS) is 10.9. The SMILES string of the molecule is Cc1ccc(NC(=O)c2cnn3c(C)cc(C)nc23)c(F)c1. The van der Waals surface area contributed by atoms with E-state index in [1.807, 2.05) is 19.9 Å². The summed E-state index contributed by atoms with van der Waals surface area (Å²) in [4.78, 5) is 16.7. The highest BCUT2D eigenvalue weighted by molar-refractivity contribution is 6.08. The molecule has 0 bridgehead atoms. The van der Waals surface area contributed by atoms with Crippen molar-refractivity contribution in [3.05, 3.63) is 58.8 Å². The maximum Gasteiger partial charge on any atom is 0.261 e. The summed E-state index contributed by atoms with van der Waals surface area (Å²) in [5, 5.41) is 6.72. The molecule has 0 saturated carbocycles. The third kappa shape index (κ3) is 2.43. The van der Waals surface area contributed by atoms with E-state index >= 15 is 0 Å². The predicted octanol–water partition coefficient (Wildman–Crippen LogP) is 3.05. The van der Waals surface area contributed by atoms with E-state index in [4.69, 9.17) is 0 Å². The molecule has 3 rings (SSSR count). The number of hydrogen-bond donors (Lipinski definition) is 1. The molecule has 6 heteroatoms. The molecule has 3 aromatic rings. The summed E-state index contributed by atoms with van der Waals surface area (Å²) < 4.78 is 15.4. The number of halogens is 1. The lowest BCUT2D eigenvalue weighted by molar-refractivity contribution is 0.102. The van der Waals surface area contributed by atoms with Crippen LogP contribution in [0, 0.1) is 26.6 Å². The smallest absolute Gasteiger partial charge is 0.261 e. The largest absolute Gasteiger partial charge is 0.319 e. The zero-order valence-corrected chi connectivity index (χ0v) is 12.5. The number of fused-ring (bicyclic) bond motifs is 1. The second-order valence-corrected chi connectivity index (χ2v) is 5.27. The molecule has 0 spiro atoms. The zero-order chi connectivity index (χ0) is 15.9. The van der Waals surface area contributed by atoms with Crippen molar-refractivity contribution in [2.45, 2.75) is 20.8 Å². The number of rotatable bonds is 2. The summed E-state index contributed by atoms with van der Waals surface area (Å²) in [7, 11) is 0. The van der Waals surface area contributed by atoms with Crippen molar-refractivity contribution >= 4 is 17.2 Å². The zero-order valence-electron chi connectivity index (χ0n) is 12.5. The van der Waals surface area contributed by atoms with Crippen LogP contribution in [0.3, 0.4) is 0 Å². The number of nitrogens with zero attached hydrogens (tertiary/aromatic N) is 3. The summed E-state index contributed by atoms with van der Waals surface area (Å²) in [5.74, 6) is -0.902. The van der Waals surface area contributed by atoms with Crippen molar-refractivity contribution < 1.29 is 9.18 Å². The summed E-state index contributed by atoms with van der Waals surface area (Å²) in [6, 6.07) is 6.53. The summed E-state index contributed by atoms with van der Waals surface area (Å²) in [5.41, 5.74) is 3.37. The van der Waals surface area contributed by atoms with Crippen LogP contribution in [-0.2, 0) is 0 Å². The van der Waals surface area contributed by atoms with Crippen LogP contribution in [0.15, 0.2) is 30.5 Å². The second-order valence-electron chi connectivity index (χ2n) is 5.27. The van der Waals surface area contributed by atoms with Crippen LogP contribution >= 0.6 is 0 Å². The molecule has 0 aliphatic carbocycles. The number of hydrogen-bond acceptors (Lipinski definition) is 3. The molecule has 2 heterocycles. The van der Waals surface area contributed by atoms with E-state index < -0.39 is 11.7 Å². The Balaban J connectivity index is 1.99. The van der Waals surface area contributed by atoms with Gasteiger partial charge in [-0.1, -0.05) is 6.07 Å². The van der Waals surface area contributed by atoms with Crippen LogP contribution in [0.1, 0.15) is 27.3 Å². The quantitative estimate of drug-likeness (QED) is 0.791. The number of benzene rings is 1. The Morgan fingerprint density at radius 3 is 2.73 bits per heavy atom. The number of carbonyl (C=O) groups is 1. The molecule has 0 aliphatic rings. The maximum absolute atomic E-state index is 13.8. The van der Waals surface area contributed by atoms with E-state index in [-0.39, 0.29) is 5.69 Å². The van der Waals surface area contributed by atoms with Gasteiger partial charge in [0.05, 0.1) is 11.9 Å². The summed E-state index contributed by atoms with van der Waals surface area (Å²) in [6.07, 6.45) is 1.44. The number of anilines is 1. The fraction of sp³-hybridized carbons (Fsp3) is 0.188. The minimum atomic E-state index is -0.467. The van der Waals surface area contributed by atoms with E-state index in [9.17, 15) is 9.18 Å². The van der Waals surface area contributed by atoms with Gasteiger partial charge in [-0.05, 0) is 44.5 Å². The molecule has 0 fully saturated rings. The molecule has 2 aromatic heterocycles. The first-order valence-electron chi connectivity index (χ1n) is 6.85. The van der Waals surface area contributed by atoms with Crippen LogP contribution in [0.4, 0.5) is 10.1 Å². The van der Waals surface area contributed by atoms with E-state index in [1.54, 1.807) is 17.5 Å². The number of aromatic nitrogens is 3. The Morgan fingerprint density at radius 2 is 2.00 bits per heavy atom. The van der Waals surface area contributed by atoms with Gasteiger partial charge >= 0.3 is 0 Å². The van der Waals surface area contributed by atoms with E-state index in [0.29, 0.717) is 11.2 Å². The standard InChI is InChI=1S/C16H15FN4O/c1-9-4-5-14(13(17)6-9)20-16(22)12-8-18-21-11(3)7-10(2)19-15(12)21/h4-8H,1-3H3,(H,20,22). The summed E-state index contributed by atoms with van der Waals surface area (Å²) >= 11 is 0.